The van der Waals surface area contributed by atoms with E-state index in [0.717, 1.165) is 24.2 Å². The number of anilines is 2. The molecule has 2 rings (SSSR count). The summed E-state index contributed by atoms with van der Waals surface area (Å²) in [4.78, 5) is 4.02. The van der Waals surface area contributed by atoms with Crippen molar-refractivity contribution in [2.45, 2.75) is 12.5 Å². The van der Waals surface area contributed by atoms with Crippen LogP contribution in [-0.4, -0.2) is 11.5 Å². The first-order valence-electron chi connectivity index (χ1n) is 6.02. The fraction of sp³-hybridized carbons (Fsp3) is 0.214. The van der Waals surface area contributed by atoms with Crippen LogP contribution in [0, 0.1) is 0 Å². The van der Waals surface area contributed by atoms with Crippen LogP contribution in [-0.2, 0) is 0 Å². The van der Waals surface area contributed by atoms with E-state index in [0.29, 0.717) is 5.82 Å². The summed E-state index contributed by atoms with van der Waals surface area (Å²) in [6, 6.07) is 13.9. The molecular weight excluding hydrogens is 224 g/mol. The number of nitrogens with two attached hydrogens (primary N) is 2. The molecule has 18 heavy (non-hydrogen) atoms. The first-order chi connectivity index (χ1) is 8.77. The van der Waals surface area contributed by atoms with E-state index in [-0.39, 0.29) is 6.04 Å². The molecule has 1 unspecified atom stereocenters. The predicted octanol–water partition coefficient (Wildman–Crippen LogP) is 2.17. The van der Waals surface area contributed by atoms with Crippen LogP contribution in [0.25, 0.3) is 0 Å². The lowest BCUT2D eigenvalue weighted by atomic mass is 10.1. The molecule has 0 radical (unpaired) electrons. The maximum Gasteiger partial charge on any atom is 0.146 e. The quantitative estimate of drug-likeness (QED) is 0.751. The average molecular weight is 242 g/mol. The number of hydrogen-bond acceptors (Lipinski definition) is 4. The van der Waals surface area contributed by atoms with Crippen molar-refractivity contribution in [3.8, 4) is 0 Å². The maximum absolute atomic E-state index is 6.11. The largest absolute Gasteiger partial charge is 0.382 e. The van der Waals surface area contributed by atoms with Crippen molar-refractivity contribution in [3.05, 3.63) is 54.2 Å². The second-order valence-corrected chi connectivity index (χ2v) is 4.17. The molecule has 1 aromatic carbocycles. The molecule has 4 nitrogen and oxygen atoms in total. The fourth-order valence-electron chi connectivity index (χ4n) is 1.80. The van der Waals surface area contributed by atoms with Gasteiger partial charge in [0.25, 0.3) is 0 Å². The highest BCUT2D eigenvalue weighted by atomic mass is 14.9. The van der Waals surface area contributed by atoms with Crippen molar-refractivity contribution in [2.24, 2.45) is 5.73 Å². The minimum absolute atomic E-state index is 0.0385. The lowest BCUT2D eigenvalue weighted by Crippen LogP contribution is -2.15. The van der Waals surface area contributed by atoms with Crippen LogP contribution in [0.2, 0.25) is 0 Å². The maximum atomic E-state index is 6.11. The third kappa shape index (κ3) is 3.21. The molecule has 0 saturated carbocycles. The molecule has 2 aromatic rings. The van der Waals surface area contributed by atoms with Gasteiger partial charge in [0.05, 0.1) is 5.69 Å². The smallest absolute Gasteiger partial charge is 0.146 e. The Balaban J connectivity index is 1.84. The molecule has 1 atom stereocenters. The average Bonchev–Trinajstić information content (AvgIpc) is 2.42. The topological polar surface area (TPSA) is 77.0 Å². The Bertz CT molecular complexity index is 484. The zero-order chi connectivity index (χ0) is 12.8. The molecule has 0 saturated heterocycles. The molecule has 0 aliphatic rings. The monoisotopic (exact) mass is 242 g/mol. The highest BCUT2D eigenvalue weighted by Crippen LogP contribution is 2.16. The van der Waals surface area contributed by atoms with Gasteiger partial charge in [-0.2, -0.15) is 0 Å². The van der Waals surface area contributed by atoms with E-state index < -0.39 is 0 Å². The Morgan fingerprint density at radius 3 is 2.61 bits per heavy atom. The molecule has 0 fully saturated rings. The Hall–Kier alpha value is -2.07. The van der Waals surface area contributed by atoms with Gasteiger partial charge in [0.1, 0.15) is 5.82 Å². The summed E-state index contributed by atoms with van der Waals surface area (Å²) in [5.41, 5.74) is 13.9. The molecule has 1 aromatic heterocycles. The van der Waals surface area contributed by atoms with Crippen molar-refractivity contribution in [1.29, 1.82) is 0 Å². The molecule has 5 N–H and O–H groups in total. The lowest BCUT2D eigenvalue weighted by molar-refractivity contribution is 0.675. The van der Waals surface area contributed by atoms with Gasteiger partial charge in [-0.15, -0.1) is 0 Å². The minimum Gasteiger partial charge on any atom is -0.382 e. The number of nitrogen functional groups attached to an aromatic ring is 1. The van der Waals surface area contributed by atoms with Crippen LogP contribution in [0.3, 0.4) is 0 Å². The Morgan fingerprint density at radius 1 is 1.11 bits per heavy atom. The highest BCUT2D eigenvalue weighted by Gasteiger charge is 2.05. The number of benzene rings is 1. The lowest BCUT2D eigenvalue weighted by Gasteiger charge is -2.13. The summed E-state index contributed by atoms with van der Waals surface area (Å²) in [5.74, 6) is 0.519. The normalized spacial score (nSPS) is 12.1. The molecule has 94 valence electrons. The number of pyridine rings is 1. The molecule has 0 bridgehead atoms. The molecule has 0 aliphatic carbocycles. The summed E-state index contributed by atoms with van der Waals surface area (Å²) in [6.07, 6.45) is 2.52. The standard InChI is InChI=1S/C14H18N4/c15-12(11-5-2-1-3-6-11)8-10-17-13-7-4-9-18-14(13)16/h1-7,9,12,17H,8,10,15H2,(H2,16,18). The van der Waals surface area contributed by atoms with E-state index in [1.165, 1.54) is 0 Å². The Morgan fingerprint density at radius 2 is 1.89 bits per heavy atom. The van der Waals surface area contributed by atoms with Gasteiger partial charge in [-0.05, 0) is 24.1 Å². The third-order valence-electron chi connectivity index (χ3n) is 2.84. The number of nitrogens with zero attached hydrogens (tertiary/aromatic N) is 1. The number of hydrogen-bond donors (Lipinski definition) is 3. The third-order valence-corrected chi connectivity index (χ3v) is 2.84. The SMILES string of the molecule is Nc1ncccc1NCCC(N)c1ccccc1. The number of aromatic nitrogens is 1. The predicted molar refractivity (Wildman–Crippen MR) is 75.1 cm³/mol. The van der Waals surface area contributed by atoms with Gasteiger partial charge in [0, 0.05) is 18.8 Å². The number of rotatable bonds is 5. The van der Waals surface area contributed by atoms with Gasteiger partial charge in [0.15, 0.2) is 0 Å². The van der Waals surface area contributed by atoms with Gasteiger partial charge in [-0.3, -0.25) is 0 Å². The first-order valence-corrected chi connectivity index (χ1v) is 6.02. The molecule has 0 aliphatic heterocycles. The molecular formula is C14H18N4. The minimum atomic E-state index is 0.0385. The van der Waals surface area contributed by atoms with Gasteiger partial charge in [-0.1, -0.05) is 30.3 Å². The summed E-state index contributed by atoms with van der Waals surface area (Å²) >= 11 is 0. The van der Waals surface area contributed by atoms with Crippen LogP contribution >= 0.6 is 0 Å². The zero-order valence-electron chi connectivity index (χ0n) is 10.2. The Kier molecular flexibility index (Phi) is 4.15. The zero-order valence-corrected chi connectivity index (χ0v) is 10.2. The van der Waals surface area contributed by atoms with Crippen molar-refractivity contribution in [3.63, 3.8) is 0 Å². The van der Waals surface area contributed by atoms with Crippen molar-refractivity contribution in [1.82, 2.24) is 4.98 Å². The van der Waals surface area contributed by atoms with Crippen LogP contribution in [0.1, 0.15) is 18.0 Å². The summed E-state index contributed by atoms with van der Waals surface area (Å²) < 4.78 is 0. The molecule has 1 heterocycles. The van der Waals surface area contributed by atoms with Crippen LogP contribution in [0.4, 0.5) is 11.5 Å². The van der Waals surface area contributed by atoms with E-state index in [4.69, 9.17) is 11.5 Å². The first kappa shape index (κ1) is 12.4. The Labute approximate surface area is 107 Å². The molecule has 0 spiro atoms. The van der Waals surface area contributed by atoms with E-state index >= 15 is 0 Å². The molecule has 0 amide bonds. The molecule has 4 heteroatoms. The second kappa shape index (κ2) is 6.02. The van der Waals surface area contributed by atoms with Gasteiger partial charge >= 0.3 is 0 Å². The number of nitrogens with one attached hydrogen (secondary N) is 1. The van der Waals surface area contributed by atoms with Crippen LogP contribution < -0.4 is 16.8 Å². The summed E-state index contributed by atoms with van der Waals surface area (Å²) in [6.45, 7) is 0.770. The second-order valence-electron chi connectivity index (χ2n) is 4.17. The summed E-state index contributed by atoms with van der Waals surface area (Å²) in [5, 5.41) is 3.25. The van der Waals surface area contributed by atoms with Crippen LogP contribution in [0.5, 0.6) is 0 Å². The van der Waals surface area contributed by atoms with Crippen molar-refractivity contribution >= 4 is 11.5 Å². The van der Waals surface area contributed by atoms with E-state index in [1.54, 1.807) is 6.20 Å². The van der Waals surface area contributed by atoms with E-state index in [1.807, 2.05) is 42.5 Å². The van der Waals surface area contributed by atoms with Gasteiger partial charge < -0.3 is 16.8 Å². The van der Waals surface area contributed by atoms with Crippen LogP contribution in [0.15, 0.2) is 48.7 Å². The van der Waals surface area contributed by atoms with Crippen molar-refractivity contribution in [2.75, 3.05) is 17.6 Å². The van der Waals surface area contributed by atoms with Gasteiger partial charge in [-0.25, -0.2) is 4.98 Å². The van der Waals surface area contributed by atoms with E-state index in [2.05, 4.69) is 10.3 Å². The van der Waals surface area contributed by atoms with Gasteiger partial charge in [0.2, 0.25) is 0 Å². The highest BCUT2D eigenvalue weighted by molar-refractivity contribution is 5.60. The fourth-order valence-corrected chi connectivity index (χ4v) is 1.80. The van der Waals surface area contributed by atoms with E-state index in [9.17, 15) is 0 Å². The summed E-state index contributed by atoms with van der Waals surface area (Å²) in [7, 11) is 0. The van der Waals surface area contributed by atoms with Crippen molar-refractivity contribution < 1.29 is 0 Å².